The fourth-order valence-corrected chi connectivity index (χ4v) is 6.39. The fraction of sp³-hybridized carbons (Fsp3) is 1.00. The lowest BCUT2D eigenvalue weighted by molar-refractivity contribution is -0.0700. The molecule has 1 heterocycles. The molecular weight excluding hydrogens is 206 g/mol. The maximum atomic E-state index is 2.82. The van der Waals surface area contributed by atoms with Crippen molar-refractivity contribution in [2.75, 3.05) is 0 Å². The minimum atomic E-state index is 0.254. The number of rotatable bonds is 0. The largest absolute Gasteiger partial charge is 0.287 e. The van der Waals surface area contributed by atoms with Crippen molar-refractivity contribution < 1.29 is 0 Å². The second-order valence-corrected chi connectivity index (χ2v) is 8.81. The Labute approximate surface area is 108 Å². The molecule has 1 saturated heterocycles. The van der Waals surface area contributed by atoms with E-state index in [0.717, 1.165) is 11.8 Å². The van der Waals surface area contributed by atoms with Gasteiger partial charge in [-0.25, -0.2) is 0 Å². The number of likely N-dealkylation sites (tertiary alicyclic amines) is 1. The molecule has 1 aliphatic heterocycles. The number of piperidine rings is 1. The molecule has 0 aromatic rings. The van der Waals surface area contributed by atoms with Gasteiger partial charge in [-0.3, -0.25) is 4.90 Å². The van der Waals surface area contributed by atoms with E-state index in [9.17, 15) is 0 Å². The number of nitrogens with zero attached hydrogens (tertiary/aromatic N) is 1. The highest BCUT2D eigenvalue weighted by Gasteiger charge is 2.72. The first kappa shape index (κ1) is 13.4. The molecule has 0 spiro atoms. The molecule has 0 radical (unpaired) electrons. The Balaban J connectivity index is 2.60. The molecule has 2 rings (SSSR count). The smallest absolute Gasteiger partial charge is 0.0249 e. The molecule has 2 fully saturated rings. The summed E-state index contributed by atoms with van der Waals surface area (Å²) in [6.07, 6.45) is 1.35. The Morgan fingerprint density at radius 3 is 1.76 bits per heavy atom. The van der Waals surface area contributed by atoms with Gasteiger partial charge >= 0.3 is 0 Å². The average Bonchev–Trinajstić information content (AvgIpc) is 2.18. The van der Waals surface area contributed by atoms with Crippen LogP contribution in [0.2, 0.25) is 0 Å². The van der Waals surface area contributed by atoms with Gasteiger partial charge in [-0.2, -0.15) is 0 Å². The van der Waals surface area contributed by atoms with E-state index in [1.54, 1.807) is 0 Å². The van der Waals surface area contributed by atoms with Crippen LogP contribution in [0.3, 0.4) is 0 Å². The first-order valence-corrected chi connectivity index (χ1v) is 7.17. The maximum Gasteiger partial charge on any atom is 0.0249 e. The van der Waals surface area contributed by atoms with Gasteiger partial charge in [0.15, 0.2) is 0 Å². The summed E-state index contributed by atoms with van der Waals surface area (Å²) in [5.41, 5.74) is 1.33. The van der Waals surface area contributed by atoms with Gasteiger partial charge in [0.2, 0.25) is 0 Å². The molecule has 17 heavy (non-hydrogen) atoms. The topological polar surface area (TPSA) is 3.24 Å². The summed E-state index contributed by atoms with van der Waals surface area (Å²) in [5.74, 6) is 1.66. The van der Waals surface area contributed by atoms with Gasteiger partial charge in [0, 0.05) is 16.6 Å². The zero-order valence-electron chi connectivity index (χ0n) is 13.3. The van der Waals surface area contributed by atoms with Crippen LogP contribution in [0, 0.1) is 17.3 Å². The molecule has 2 aliphatic rings. The second-order valence-electron chi connectivity index (χ2n) is 8.81. The van der Waals surface area contributed by atoms with Crippen molar-refractivity contribution in [3.63, 3.8) is 0 Å². The predicted molar refractivity (Wildman–Crippen MR) is 75.1 cm³/mol. The van der Waals surface area contributed by atoms with E-state index in [-0.39, 0.29) is 5.54 Å². The van der Waals surface area contributed by atoms with Crippen LogP contribution < -0.4 is 0 Å². The Bertz CT molecular complexity index is 334. The van der Waals surface area contributed by atoms with Gasteiger partial charge < -0.3 is 0 Å². The van der Waals surface area contributed by atoms with Gasteiger partial charge in [-0.1, -0.05) is 20.8 Å². The lowest BCUT2D eigenvalue weighted by Gasteiger charge is -2.56. The van der Waals surface area contributed by atoms with Crippen LogP contribution in [-0.4, -0.2) is 21.5 Å². The van der Waals surface area contributed by atoms with Gasteiger partial charge in [0.05, 0.1) is 0 Å². The molecule has 1 saturated carbocycles. The van der Waals surface area contributed by atoms with Crippen molar-refractivity contribution in [2.24, 2.45) is 17.3 Å². The Kier molecular flexibility index (Phi) is 2.44. The molecule has 3 atom stereocenters. The van der Waals surface area contributed by atoms with E-state index in [4.69, 9.17) is 0 Å². The summed E-state index contributed by atoms with van der Waals surface area (Å²) in [6.45, 7) is 22.0. The number of hydrogen-bond donors (Lipinski definition) is 0. The zero-order valence-corrected chi connectivity index (χ0v) is 13.3. The highest BCUT2D eigenvalue weighted by atomic mass is 15.4. The average molecular weight is 237 g/mol. The molecular formula is C16H31N. The molecule has 0 N–H and O–H groups in total. The summed E-state index contributed by atoms with van der Waals surface area (Å²) in [4.78, 5) is 2.82. The van der Waals surface area contributed by atoms with Gasteiger partial charge in [-0.05, 0) is 65.2 Å². The molecule has 100 valence electrons. The lowest BCUT2D eigenvalue weighted by Crippen LogP contribution is -2.63. The standard InChI is InChI=1S/C16H31N/c1-11-10-16(9)14(5,6)12(11)15(7,8)17(16)13(2,3)4/h11-12H,10H2,1-9H3/t11-,12-,16+/m1/s1. The highest BCUT2D eigenvalue weighted by molar-refractivity contribution is 5.25. The van der Waals surface area contributed by atoms with Crippen LogP contribution in [0.15, 0.2) is 0 Å². The Morgan fingerprint density at radius 2 is 1.47 bits per heavy atom. The van der Waals surface area contributed by atoms with Crippen molar-refractivity contribution >= 4 is 0 Å². The summed E-state index contributed by atoms with van der Waals surface area (Å²) in [5, 5.41) is 0. The molecule has 1 heteroatoms. The summed E-state index contributed by atoms with van der Waals surface area (Å²) >= 11 is 0. The van der Waals surface area contributed by atoms with Crippen molar-refractivity contribution in [1.29, 1.82) is 0 Å². The number of fused-ring (bicyclic) bond motifs is 2. The Hall–Kier alpha value is -0.0400. The van der Waals surface area contributed by atoms with E-state index >= 15 is 0 Å². The van der Waals surface area contributed by atoms with Gasteiger partial charge in [0.25, 0.3) is 0 Å². The monoisotopic (exact) mass is 237 g/mol. The SMILES string of the molecule is C[C@@H]1C[C@]2(C)N(C(C)(C)C)C(C)(C)[C@H]1C2(C)C. The van der Waals surface area contributed by atoms with E-state index in [1.807, 2.05) is 0 Å². The molecule has 1 aliphatic carbocycles. The summed E-state index contributed by atoms with van der Waals surface area (Å²) in [7, 11) is 0. The molecule has 0 aromatic carbocycles. The highest BCUT2D eigenvalue weighted by Crippen LogP contribution is 2.69. The van der Waals surface area contributed by atoms with Crippen molar-refractivity contribution in [1.82, 2.24) is 4.90 Å². The minimum Gasteiger partial charge on any atom is -0.287 e. The van der Waals surface area contributed by atoms with Crippen LogP contribution in [-0.2, 0) is 0 Å². The zero-order chi connectivity index (χ0) is 13.4. The van der Waals surface area contributed by atoms with E-state index in [2.05, 4.69) is 67.2 Å². The van der Waals surface area contributed by atoms with Crippen LogP contribution >= 0.6 is 0 Å². The van der Waals surface area contributed by atoms with Crippen LogP contribution in [0.4, 0.5) is 0 Å². The van der Waals surface area contributed by atoms with Crippen molar-refractivity contribution in [3.05, 3.63) is 0 Å². The second kappa shape index (κ2) is 3.10. The third-order valence-corrected chi connectivity index (χ3v) is 5.96. The lowest BCUT2D eigenvalue weighted by atomic mass is 9.70. The molecule has 2 bridgehead atoms. The number of hydrogen-bond acceptors (Lipinski definition) is 1. The molecule has 0 aromatic heterocycles. The van der Waals surface area contributed by atoms with Crippen LogP contribution in [0.25, 0.3) is 0 Å². The summed E-state index contributed by atoms with van der Waals surface area (Å²) < 4.78 is 0. The minimum absolute atomic E-state index is 0.254. The Morgan fingerprint density at radius 1 is 1.00 bits per heavy atom. The molecule has 1 nitrogen and oxygen atoms in total. The quantitative estimate of drug-likeness (QED) is 0.606. The normalized spacial score (nSPS) is 44.3. The third kappa shape index (κ3) is 1.35. The van der Waals surface area contributed by atoms with Gasteiger partial charge in [-0.15, -0.1) is 0 Å². The summed E-state index contributed by atoms with van der Waals surface area (Å²) in [6, 6.07) is 0. The van der Waals surface area contributed by atoms with E-state index < -0.39 is 0 Å². The van der Waals surface area contributed by atoms with Crippen molar-refractivity contribution in [2.45, 2.75) is 85.4 Å². The van der Waals surface area contributed by atoms with Gasteiger partial charge in [0.1, 0.15) is 0 Å². The first-order valence-electron chi connectivity index (χ1n) is 7.17. The molecule has 0 unspecified atom stereocenters. The third-order valence-electron chi connectivity index (χ3n) is 5.96. The molecule has 0 amide bonds. The predicted octanol–water partition coefficient (Wildman–Crippen LogP) is 4.32. The van der Waals surface area contributed by atoms with Crippen LogP contribution in [0.5, 0.6) is 0 Å². The van der Waals surface area contributed by atoms with E-state index in [0.29, 0.717) is 16.5 Å². The fourth-order valence-electron chi connectivity index (χ4n) is 6.39. The first-order chi connectivity index (χ1) is 7.37. The maximum absolute atomic E-state index is 2.82. The van der Waals surface area contributed by atoms with Crippen LogP contribution in [0.1, 0.15) is 68.7 Å². The van der Waals surface area contributed by atoms with Crippen molar-refractivity contribution in [3.8, 4) is 0 Å². The van der Waals surface area contributed by atoms with E-state index in [1.165, 1.54) is 6.42 Å².